The van der Waals surface area contributed by atoms with E-state index in [0.29, 0.717) is 5.56 Å². The summed E-state index contributed by atoms with van der Waals surface area (Å²) in [6.07, 6.45) is -0.870. The Balaban J connectivity index is 2.04. The fourth-order valence-electron chi connectivity index (χ4n) is 2.05. The highest BCUT2D eigenvalue weighted by atomic mass is 19.1. The lowest BCUT2D eigenvalue weighted by atomic mass is 10.0. The van der Waals surface area contributed by atoms with E-state index in [4.69, 9.17) is 0 Å². The maximum atomic E-state index is 13.1. The SMILES string of the molecule is Cc1ccccc1C(O)CNC(=O)c1cc(F)ccc1O. The first kappa shape index (κ1) is 15.0. The van der Waals surface area contributed by atoms with Gasteiger partial charge in [-0.1, -0.05) is 24.3 Å². The third-order valence-electron chi connectivity index (χ3n) is 3.21. The number of carbonyl (C=O) groups excluding carboxylic acids is 1. The molecule has 21 heavy (non-hydrogen) atoms. The van der Waals surface area contributed by atoms with Crippen LogP contribution in [0.5, 0.6) is 5.75 Å². The quantitative estimate of drug-likeness (QED) is 0.809. The minimum atomic E-state index is -0.870. The topological polar surface area (TPSA) is 69.6 Å². The van der Waals surface area contributed by atoms with Gasteiger partial charge in [-0.05, 0) is 36.2 Å². The molecule has 0 aliphatic carbocycles. The fourth-order valence-corrected chi connectivity index (χ4v) is 2.05. The van der Waals surface area contributed by atoms with Crippen LogP contribution in [-0.4, -0.2) is 22.7 Å². The number of hydrogen-bond acceptors (Lipinski definition) is 3. The molecule has 5 heteroatoms. The van der Waals surface area contributed by atoms with E-state index in [2.05, 4.69) is 5.32 Å². The summed E-state index contributed by atoms with van der Waals surface area (Å²) < 4.78 is 13.1. The van der Waals surface area contributed by atoms with Gasteiger partial charge < -0.3 is 15.5 Å². The van der Waals surface area contributed by atoms with Gasteiger partial charge in [0.15, 0.2) is 0 Å². The van der Waals surface area contributed by atoms with Crippen LogP contribution < -0.4 is 5.32 Å². The summed E-state index contributed by atoms with van der Waals surface area (Å²) in [7, 11) is 0. The molecule has 0 saturated carbocycles. The molecule has 0 fully saturated rings. The summed E-state index contributed by atoms with van der Waals surface area (Å²) in [6.45, 7) is 1.83. The predicted molar refractivity (Wildman–Crippen MR) is 76.5 cm³/mol. The van der Waals surface area contributed by atoms with Crippen LogP contribution in [0.1, 0.15) is 27.6 Å². The summed E-state index contributed by atoms with van der Waals surface area (Å²) in [5.74, 6) is -1.56. The minimum Gasteiger partial charge on any atom is -0.507 e. The van der Waals surface area contributed by atoms with Crippen molar-refractivity contribution in [3.05, 3.63) is 65.0 Å². The summed E-state index contributed by atoms with van der Waals surface area (Å²) >= 11 is 0. The van der Waals surface area contributed by atoms with E-state index in [0.717, 1.165) is 23.8 Å². The maximum absolute atomic E-state index is 13.1. The van der Waals surface area contributed by atoms with Crippen LogP contribution >= 0.6 is 0 Å². The Morgan fingerprint density at radius 1 is 1.29 bits per heavy atom. The summed E-state index contributed by atoms with van der Waals surface area (Å²) in [5.41, 5.74) is 1.46. The van der Waals surface area contributed by atoms with Crippen LogP contribution in [0.25, 0.3) is 0 Å². The molecular formula is C16H16FNO3. The number of hydrogen-bond donors (Lipinski definition) is 3. The maximum Gasteiger partial charge on any atom is 0.255 e. The molecule has 0 aromatic heterocycles. The van der Waals surface area contributed by atoms with E-state index in [1.54, 1.807) is 12.1 Å². The number of aromatic hydroxyl groups is 1. The van der Waals surface area contributed by atoms with Crippen molar-refractivity contribution in [2.75, 3.05) is 6.54 Å². The van der Waals surface area contributed by atoms with E-state index < -0.39 is 17.8 Å². The van der Waals surface area contributed by atoms with E-state index in [1.165, 1.54) is 0 Å². The number of amides is 1. The first-order chi connectivity index (χ1) is 9.99. The molecule has 0 aliphatic rings. The van der Waals surface area contributed by atoms with Crippen molar-refractivity contribution < 1.29 is 19.4 Å². The van der Waals surface area contributed by atoms with Gasteiger partial charge in [-0.2, -0.15) is 0 Å². The van der Waals surface area contributed by atoms with Crippen molar-refractivity contribution in [1.82, 2.24) is 5.32 Å². The lowest BCUT2D eigenvalue weighted by Gasteiger charge is -2.14. The lowest BCUT2D eigenvalue weighted by molar-refractivity contribution is 0.0913. The molecule has 4 nitrogen and oxygen atoms in total. The van der Waals surface area contributed by atoms with Crippen LogP contribution in [0.3, 0.4) is 0 Å². The summed E-state index contributed by atoms with van der Waals surface area (Å²) in [6, 6.07) is 10.4. The van der Waals surface area contributed by atoms with Crippen LogP contribution in [0.15, 0.2) is 42.5 Å². The highest BCUT2D eigenvalue weighted by Gasteiger charge is 2.15. The van der Waals surface area contributed by atoms with Crippen molar-refractivity contribution >= 4 is 5.91 Å². The molecule has 1 atom stereocenters. The first-order valence-corrected chi connectivity index (χ1v) is 6.49. The van der Waals surface area contributed by atoms with Crippen LogP contribution in [-0.2, 0) is 0 Å². The van der Waals surface area contributed by atoms with Gasteiger partial charge in [0.1, 0.15) is 11.6 Å². The van der Waals surface area contributed by atoms with Gasteiger partial charge in [-0.3, -0.25) is 4.79 Å². The number of aliphatic hydroxyl groups excluding tert-OH is 1. The number of aliphatic hydroxyl groups is 1. The van der Waals surface area contributed by atoms with Crippen molar-refractivity contribution in [2.24, 2.45) is 0 Å². The molecular weight excluding hydrogens is 273 g/mol. The molecule has 110 valence electrons. The molecule has 3 N–H and O–H groups in total. The van der Waals surface area contributed by atoms with Gasteiger partial charge in [0.2, 0.25) is 0 Å². The fraction of sp³-hybridized carbons (Fsp3) is 0.188. The summed E-state index contributed by atoms with van der Waals surface area (Å²) in [5, 5.41) is 22.1. The third-order valence-corrected chi connectivity index (χ3v) is 3.21. The van der Waals surface area contributed by atoms with Gasteiger partial charge in [-0.25, -0.2) is 4.39 Å². The Kier molecular flexibility index (Phi) is 4.55. The number of benzene rings is 2. The molecule has 2 rings (SSSR count). The highest BCUT2D eigenvalue weighted by molar-refractivity contribution is 5.96. The molecule has 2 aromatic rings. The molecule has 1 unspecified atom stereocenters. The molecule has 2 aromatic carbocycles. The largest absolute Gasteiger partial charge is 0.507 e. The molecule has 0 bridgehead atoms. The molecule has 0 heterocycles. The highest BCUT2D eigenvalue weighted by Crippen LogP contribution is 2.19. The second-order valence-electron chi connectivity index (χ2n) is 4.74. The monoisotopic (exact) mass is 289 g/mol. The number of aryl methyl sites for hydroxylation is 1. The minimum absolute atomic E-state index is 0.0281. The van der Waals surface area contributed by atoms with Crippen LogP contribution in [0, 0.1) is 12.7 Å². The summed E-state index contributed by atoms with van der Waals surface area (Å²) in [4.78, 5) is 11.9. The van der Waals surface area contributed by atoms with E-state index in [1.807, 2.05) is 19.1 Å². The number of carbonyl (C=O) groups is 1. The average molecular weight is 289 g/mol. The Hall–Kier alpha value is -2.40. The second-order valence-corrected chi connectivity index (χ2v) is 4.74. The van der Waals surface area contributed by atoms with Crippen molar-refractivity contribution in [1.29, 1.82) is 0 Å². The molecule has 0 radical (unpaired) electrons. The smallest absolute Gasteiger partial charge is 0.255 e. The van der Waals surface area contributed by atoms with Gasteiger partial charge >= 0.3 is 0 Å². The van der Waals surface area contributed by atoms with Crippen LogP contribution in [0.2, 0.25) is 0 Å². The van der Waals surface area contributed by atoms with E-state index in [9.17, 15) is 19.4 Å². The lowest BCUT2D eigenvalue weighted by Crippen LogP contribution is -2.28. The zero-order valence-corrected chi connectivity index (χ0v) is 11.5. The number of nitrogens with one attached hydrogen (secondary N) is 1. The van der Waals surface area contributed by atoms with Crippen molar-refractivity contribution in [2.45, 2.75) is 13.0 Å². The average Bonchev–Trinajstić information content (AvgIpc) is 2.47. The third kappa shape index (κ3) is 3.58. The predicted octanol–water partition coefficient (Wildman–Crippen LogP) is 2.30. The van der Waals surface area contributed by atoms with Gasteiger partial charge in [0.25, 0.3) is 5.91 Å². The molecule has 1 amide bonds. The Morgan fingerprint density at radius 3 is 2.71 bits per heavy atom. The molecule has 0 saturated heterocycles. The van der Waals surface area contributed by atoms with E-state index >= 15 is 0 Å². The van der Waals surface area contributed by atoms with Gasteiger partial charge in [0.05, 0.1) is 11.7 Å². The number of phenolic OH excluding ortho intramolecular Hbond substituents is 1. The standard InChI is InChI=1S/C16H16FNO3/c1-10-4-2-3-5-12(10)15(20)9-18-16(21)13-8-11(17)6-7-14(13)19/h2-8,15,19-20H,9H2,1H3,(H,18,21). The number of rotatable bonds is 4. The Bertz CT molecular complexity index is 658. The van der Waals surface area contributed by atoms with Crippen LogP contribution in [0.4, 0.5) is 4.39 Å². The van der Waals surface area contributed by atoms with E-state index in [-0.39, 0.29) is 17.9 Å². The Labute approximate surface area is 121 Å². The number of phenols is 1. The molecule has 0 aliphatic heterocycles. The van der Waals surface area contributed by atoms with Gasteiger partial charge in [0, 0.05) is 6.54 Å². The zero-order chi connectivity index (χ0) is 15.4. The first-order valence-electron chi connectivity index (χ1n) is 6.49. The second kappa shape index (κ2) is 6.37. The normalized spacial score (nSPS) is 12.0. The zero-order valence-electron chi connectivity index (χ0n) is 11.5. The van der Waals surface area contributed by atoms with Crippen molar-refractivity contribution in [3.63, 3.8) is 0 Å². The molecule has 0 spiro atoms. The number of halogens is 1. The van der Waals surface area contributed by atoms with Crippen molar-refractivity contribution in [3.8, 4) is 5.75 Å². The Morgan fingerprint density at radius 2 is 2.00 bits per heavy atom. The van der Waals surface area contributed by atoms with Gasteiger partial charge in [-0.15, -0.1) is 0 Å².